The largest absolute Gasteiger partial charge is 0.331 e. The summed E-state index contributed by atoms with van der Waals surface area (Å²) in [7, 11) is 0. The summed E-state index contributed by atoms with van der Waals surface area (Å²) in [6.07, 6.45) is 2.87. The molecular formula is C8H6ClN2O. The lowest BCUT2D eigenvalue weighted by Crippen LogP contribution is -2.00. The third kappa shape index (κ3) is 2.36. The molecule has 4 heteroatoms. The molecule has 1 aromatic rings. The lowest BCUT2D eigenvalue weighted by atomic mass is 10.2. The van der Waals surface area contributed by atoms with Gasteiger partial charge in [-0.3, -0.25) is 4.79 Å². The molecule has 0 unspecified atom stereocenters. The first-order valence-corrected chi connectivity index (χ1v) is 3.62. The third-order valence-electron chi connectivity index (χ3n) is 1.22. The predicted octanol–water partition coefficient (Wildman–Crippen LogP) is 1.33. The Morgan fingerprint density at radius 2 is 2.25 bits per heavy atom. The monoisotopic (exact) mass is 181 g/mol. The molecule has 0 heterocycles. The van der Waals surface area contributed by atoms with Gasteiger partial charge in [-0.25, -0.2) is 5.43 Å². The van der Waals surface area contributed by atoms with Gasteiger partial charge in [0.25, 0.3) is 0 Å². The molecule has 1 radical (unpaired) electrons. The van der Waals surface area contributed by atoms with Crippen LogP contribution in [0.4, 0.5) is 0 Å². The number of halogens is 1. The first-order valence-electron chi connectivity index (χ1n) is 3.24. The van der Waals surface area contributed by atoms with Crippen molar-refractivity contribution in [3.63, 3.8) is 0 Å². The SMILES string of the molecule is O=[C]N/N=C/c1ccccc1Cl. The standard InChI is InChI=1S/C8H6ClN2O/c9-8-4-2-1-3-7(8)5-10-11-6-12/h1-5H,(H,11,12)/b10-5+. The van der Waals surface area contributed by atoms with Crippen LogP contribution in [-0.2, 0) is 4.79 Å². The van der Waals surface area contributed by atoms with Crippen molar-refractivity contribution in [3.05, 3.63) is 34.9 Å². The van der Waals surface area contributed by atoms with Crippen molar-refractivity contribution in [3.8, 4) is 0 Å². The summed E-state index contributed by atoms with van der Waals surface area (Å²) in [4.78, 5) is 9.70. The number of nitrogens with zero attached hydrogens (tertiary/aromatic N) is 1. The number of benzene rings is 1. The van der Waals surface area contributed by atoms with Crippen LogP contribution >= 0.6 is 11.6 Å². The van der Waals surface area contributed by atoms with E-state index < -0.39 is 0 Å². The number of rotatable bonds is 3. The van der Waals surface area contributed by atoms with Gasteiger partial charge in [-0.2, -0.15) is 5.10 Å². The molecule has 1 rings (SSSR count). The molecule has 0 saturated carbocycles. The average molecular weight is 182 g/mol. The Bertz CT molecular complexity index is 299. The number of nitrogens with one attached hydrogen (secondary N) is 1. The highest BCUT2D eigenvalue weighted by molar-refractivity contribution is 6.33. The van der Waals surface area contributed by atoms with E-state index in [-0.39, 0.29) is 0 Å². The second-order valence-corrected chi connectivity index (χ2v) is 2.40. The van der Waals surface area contributed by atoms with Crippen LogP contribution in [0.25, 0.3) is 0 Å². The molecule has 0 fully saturated rings. The minimum Gasteiger partial charge on any atom is -0.262 e. The molecular weight excluding hydrogens is 176 g/mol. The number of hydrazone groups is 1. The molecule has 1 N–H and O–H groups in total. The van der Waals surface area contributed by atoms with Gasteiger partial charge in [0.1, 0.15) is 0 Å². The molecule has 3 nitrogen and oxygen atoms in total. The van der Waals surface area contributed by atoms with Gasteiger partial charge < -0.3 is 0 Å². The van der Waals surface area contributed by atoms with E-state index in [0.717, 1.165) is 5.56 Å². The van der Waals surface area contributed by atoms with Crippen LogP contribution in [0.2, 0.25) is 5.02 Å². The van der Waals surface area contributed by atoms with Gasteiger partial charge in [-0.1, -0.05) is 29.8 Å². The van der Waals surface area contributed by atoms with Crippen molar-refractivity contribution < 1.29 is 4.79 Å². The Hall–Kier alpha value is -1.35. The van der Waals surface area contributed by atoms with Crippen molar-refractivity contribution in [1.29, 1.82) is 0 Å². The van der Waals surface area contributed by atoms with E-state index in [1.165, 1.54) is 12.6 Å². The molecule has 0 aliphatic heterocycles. The fourth-order valence-electron chi connectivity index (χ4n) is 0.708. The Morgan fingerprint density at radius 1 is 1.50 bits per heavy atom. The summed E-state index contributed by atoms with van der Waals surface area (Å²) in [5, 5.41) is 4.13. The molecule has 1 aromatic carbocycles. The molecule has 0 bridgehead atoms. The fraction of sp³-hybridized carbons (Fsp3) is 0. The lowest BCUT2D eigenvalue weighted by molar-refractivity contribution is 0.545. The fourth-order valence-corrected chi connectivity index (χ4v) is 0.892. The van der Waals surface area contributed by atoms with E-state index >= 15 is 0 Å². The van der Waals surface area contributed by atoms with Crippen LogP contribution in [0.1, 0.15) is 5.56 Å². The molecule has 0 spiro atoms. The molecule has 12 heavy (non-hydrogen) atoms. The van der Waals surface area contributed by atoms with Crippen LogP contribution < -0.4 is 5.43 Å². The second-order valence-electron chi connectivity index (χ2n) is 1.99. The van der Waals surface area contributed by atoms with Crippen molar-refractivity contribution in [2.45, 2.75) is 0 Å². The van der Waals surface area contributed by atoms with Gasteiger partial charge in [0.05, 0.1) is 6.21 Å². The average Bonchev–Trinajstić information content (AvgIpc) is 2.09. The summed E-state index contributed by atoms with van der Waals surface area (Å²) in [6.45, 7) is 0. The molecule has 0 aromatic heterocycles. The first kappa shape index (κ1) is 8.74. The molecule has 0 atom stereocenters. The highest BCUT2D eigenvalue weighted by Gasteiger charge is 1.92. The van der Waals surface area contributed by atoms with Crippen molar-refractivity contribution in [1.82, 2.24) is 5.43 Å². The van der Waals surface area contributed by atoms with E-state index in [1.807, 2.05) is 17.6 Å². The number of hydrogen-bond donors (Lipinski definition) is 1. The second kappa shape index (κ2) is 4.51. The summed E-state index contributed by atoms with van der Waals surface area (Å²) in [5.74, 6) is 0. The number of carbonyl (C=O) groups excluding carboxylic acids is 1. The van der Waals surface area contributed by atoms with E-state index in [1.54, 1.807) is 12.1 Å². The van der Waals surface area contributed by atoms with Crippen LogP contribution in [0, 0.1) is 0 Å². The zero-order valence-electron chi connectivity index (χ0n) is 6.12. The molecule has 0 aliphatic rings. The Morgan fingerprint density at radius 3 is 2.92 bits per heavy atom. The molecule has 0 saturated heterocycles. The van der Waals surface area contributed by atoms with Crippen LogP contribution in [0.3, 0.4) is 0 Å². The summed E-state index contributed by atoms with van der Waals surface area (Å²) in [6, 6.07) is 7.18. The van der Waals surface area contributed by atoms with E-state index in [2.05, 4.69) is 5.10 Å². The van der Waals surface area contributed by atoms with Gasteiger partial charge in [0, 0.05) is 10.6 Å². The van der Waals surface area contributed by atoms with Crippen LogP contribution in [0.15, 0.2) is 29.4 Å². The highest BCUT2D eigenvalue weighted by atomic mass is 35.5. The predicted molar refractivity (Wildman–Crippen MR) is 47.9 cm³/mol. The molecule has 1 amide bonds. The molecule has 0 aliphatic carbocycles. The zero-order chi connectivity index (χ0) is 8.81. The van der Waals surface area contributed by atoms with Crippen LogP contribution in [0.5, 0.6) is 0 Å². The van der Waals surface area contributed by atoms with Gasteiger partial charge in [0.2, 0.25) is 0 Å². The van der Waals surface area contributed by atoms with Crippen LogP contribution in [-0.4, -0.2) is 12.6 Å². The number of hydrogen-bond acceptors (Lipinski definition) is 2. The van der Waals surface area contributed by atoms with Gasteiger partial charge in [-0.05, 0) is 6.07 Å². The smallest absolute Gasteiger partial charge is 0.262 e. The first-order chi connectivity index (χ1) is 5.84. The molecule has 61 valence electrons. The van der Waals surface area contributed by atoms with E-state index in [0.29, 0.717) is 5.02 Å². The Labute approximate surface area is 75.0 Å². The van der Waals surface area contributed by atoms with E-state index in [4.69, 9.17) is 11.6 Å². The summed E-state index contributed by atoms with van der Waals surface area (Å²) >= 11 is 5.79. The minimum atomic E-state index is 0.592. The quantitative estimate of drug-likeness (QED) is 0.427. The minimum absolute atomic E-state index is 0.592. The maximum atomic E-state index is 9.70. The summed E-state index contributed by atoms with van der Waals surface area (Å²) in [5.41, 5.74) is 2.78. The van der Waals surface area contributed by atoms with Crippen molar-refractivity contribution >= 4 is 24.2 Å². The van der Waals surface area contributed by atoms with E-state index in [9.17, 15) is 4.79 Å². The lowest BCUT2D eigenvalue weighted by Gasteiger charge is -1.93. The Kier molecular flexibility index (Phi) is 3.29. The zero-order valence-corrected chi connectivity index (χ0v) is 6.88. The van der Waals surface area contributed by atoms with Gasteiger partial charge >= 0.3 is 6.41 Å². The van der Waals surface area contributed by atoms with Gasteiger partial charge in [-0.15, -0.1) is 0 Å². The summed E-state index contributed by atoms with van der Waals surface area (Å²) < 4.78 is 0. The number of amides is 1. The maximum absolute atomic E-state index is 9.70. The third-order valence-corrected chi connectivity index (χ3v) is 1.56. The Balaban J connectivity index is 2.74. The van der Waals surface area contributed by atoms with Crippen molar-refractivity contribution in [2.24, 2.45) is 5.10 Å². The van der Waals surface area contributed by atoms with Crippen molar-refractivity contribution in [2.75, 3.05) is 0 Å². The normalized spacial score (nSPS) is 10.1. The topological polar surface area (TPSA) is 41.5 Å². The van der Waals surface area contributed by atoms with Gasteiger partial charge in [0.15, 0.2) is 0 Å². The highest BCUT2D eigenvalue weighted by Crippen LogP contribution is 2.11. The maximum Gasteiger partial charge on any atom is 0.331 e.